The number of esters is 1. The minimum atomic E-state index is -0.278. The Kier molecular flexibility index (Phi) is 6.92. The smallest absolute Gasteiger partial charge is 0.313 e. The largest absolute Gasteiger partial charge is 0.435 e. The van der Waals surface area contributed by atoms with Crippen LogP contribution in [0.15, 0.2) is 25.1 Å². The number of nitrogens with one attached hydrogen (secondary N) is 1. The SMILES string of the molecule is C=CNC(=O)C(C)C/C=C\OC(=O)C(C)C. The number of allylic oxidation sites excluding steroid dienone is 1. The normalized spacial score (nSPS) is 12.5. The lowest BCUT2D eigenvalue weighted by atomic mass is 10.1. The molecular formula is C12H19NO3. The van der Waals surface area contributed by atoms with Gasteiger partial charge in [0.05, 0.1) is 12.2 Å². The average Bonchev–Trinajstić information content (AvgIpc) is 2.23. The summed E-state index contributed by atoms with van der Waals surface area (Å²) in [5, 5.41) is 2.50. The van der Waals surface area contributed by atoms with Crippen molar-refractivity contribution in [3.63, 3.8) is 0 Å². The molecule has 0 aromatic carbocycles. The van der Waals surface area contributed by atoms with Crippen LogP contribution in [0, 0.1) is 11.8 Å². The summed E-state index contributed by atoms with van der Waals surface area (Å²) in [5.41, 5.74) is 0. The number of carbonyl (C=O) groups is 2. The maximum atomic E-state index is 11.3. The summed E-state index contributed by atoms with van der Waals surface area (Å²) < 4.78 is 4.82. The van der Waals surface area contributed by atoms with Crippen LogP contribution < -0.4 is 5.32 Å². The molecule has 0 heterocycles. The van der Waals surface area contributed by atoms with E-state index in [0.29, 0.717) is 6.42 Å². The van der Waals surface area contributed by atoms with Crippen molar-refractivity contribution < 1.29 is 14.3 Å². The predicted molar refractivity (Wildman–Crippen MR) is 62.2 cm³/mol. The van der Waals surface area contributed by atoms with Crippen molar-refractivity contribution in [3.8, 4) is 0 Å². The van der Waals surface area contributed by atoms with Gasteiger partial charge in [-0.15, -0.1) is 0 Å². The molecule has 1 N–H and O–H groups in total. The second-order valence-electron chi connectivity index (χ2n) is 3.81. The van der Waals surface area contributed by atoms with Crippen molar-refractivity contribution >= 4 is 11.9 Å². The van der Waals surface area contributed by atoms with Gasteiger partial charge in [0.25, 0.3) is 0 Å². The molecular weight excluding hydrogens is 206 g/mol. The molecule has 0 aliphatic carbocycles. The topological polar surface area (TPSA) is 55.4 Å². The van der Waals surface area contributed by atoms with Crippen LogP contribution in [-0.2, 0) is 14.3 Å². The number of hydrogen-bond donors (Lipinski definition) is 1. The fourth-order valence-corrected chi connectivity index (χ4v) is 0.861. The molecule has 1 unspecified atom stereocenters. The molecule has 0 aliphatic rings. The van der Waals surface area contributed by atoms with Crippen LogP contribution in [0.2, 0.25) is 0 Å². The number of ether oxygens (including phenoxy) is 1. The van der Waals surface area contributed by atoms with Gasteiger partial charge in [-0.2, -0.15) is 0 Å². The van der Waals surface area contributed by atoms with E-state index in [4.69, 9.17) is 4.74 Å². The number of amides is 1. The summed E-state index contributed by atoms with van der Waals surface area (Å²) >= 11 is 0. The maximum absolute atomic E-state index is 11.3. The van der Waals surface area contributed by atoms with Crippen LogP contribution in [0.25, 0.3) is 0 Å². The minimum Gasteiger partial charge on any atom is -0.435 e. The van der Waals surface area contributed by atoms with E-state index in [0.717, 1.165) is 0 Å². The Labute approximate surface area is 96.4 Å². The predicted octanol–water partition coefficient (Wildman–Crippen LogP) is 1.99. The molecule has 1 atom stereocenters. The zero-order valence-corrected chi connectivity index (χ0v) is 10.0. The first-order valence-corrected chi connectivity index (χ1v) is 5.25. The van der Waals surface area contributed by atoms with Gasteiger partial charge in [-0.25, -0.2) is 0 Å². The van der Waals surface area contributed by atoms with E-state index in [-0.39, 0.29) is 23.7 Å². The van der Waals surface area contributed by atoms with Crippen molar-refractivity contribution in [2.45, 2.75) is 27.2 Å². The first kappa shape index (κ1) is 14.4. The first-order chi connectivity index (χ1) is 7.49. The lowest BCUT2D eigenvalue weighted by Gasteiger charge is -2.06. The van der Waals surface area contributed by atoms with Crippen molar-refractivity contribution in [3.05, 3.63) is 25.1 Å². The van der Waals surface area contributed by atoms with Crippen LogP contribution in [0.3, 0.4) is 0 Å². The summed E-state index contributed by atoms with van der Waals surface area (Å²) in [6, 6.07) is 0. The molecule has 0 bridgehead atoms. The van der Waals surface area contributed by atoms with Gasteiger partial charge in [-0.05, 0) is 18.7 Å². The highest BCUT2D eigenvalue weighted by atomic mass is 16.5. The quantitative estimate of drug-likeness (QED) is 0.555. The monoisotopic (exact) mass is 225 g/mol. The third kappa shape index (κ3) is 6.01. The van der Waals surface area contributed by atoms with Crippen LogP contribution in [-0.4, -0.2) is 11.9 Å². The van der Waals surface area contributed by atoms with E-state index < -0.39 is 0 Å². The highest BCUT2D eigenvalue weighted by Gasteiger charge is 2.09. The molecule has 90 valence electrons. The molecule has 0 spiro atoms. The van der Waals surface area contributed by atoms with Gasteiger partial charge in [-0.1, -0.05) is 27.4 Å². The van der Waals surface area contributed by atoms with E-state index in [1.807, 2.05) is 0 Å². The van der Waals surface area contributed by atoms with Crippen molar-refractivity contribution in [2.24, 2.45) is 11.8 Å². The molecule has 16 heavy (non-hydrogen) atoms. The van der Waals surface area contributed by atoms with E-state index in [1.54, 1.807) is 26.8 Å². The van der Waals surface area contributed by atoms with Crippen LogP contribution in [0.4, 0.5) is 0 Å². The first-order valence-electron chi connectivity index (χ1n) is 5.25. The Morgan fingerprint density at radius 3 is 2.50 bits per heavy atom. The van der Waals surface area contributed by atoms with Crippen molar-refractivity contribution in [1.82, 2.24) is 5.32 Å². The number of rotatable bonds is 6. The van der Waals surface area contributed by atoms with Crippen LogP contribution in [0.1, 0.15) is 27.2 Å². The Bertz CT molecular complexity index is 282. The van der Waals surface area contributed by atoms with Gasteiger partial charge in [-0.3, -0.25) is 9.59 Å². The summed E-state index contributed by atoms with van der Waals surface area (Å²) in [7, 11) is 0. The molecule has 0 radical (unpaired) electrons. The summed E-state index contributed by atoms with van der Waals surface area (Å²) in [4.78, 5) is 22.3. The third-order valence-electron chi connectivity index (χ3n) is 1.93. The lowest BCUT2D eigenvalue weighted by molar-refractivity contribution is -0.141. The molecule has 0 saturated carbocycles. The summed E-state index contributed by atoms with van der Waals surface area (Å²) in [6.07, 6.45) is 4.86. The fraction of sp³-hybridized carbons (Fsp3) is 0.500. The summed E-state index contributed by atoms with van der Waals surface area (Å²) in [6.45, 7) is 8.71. The van der Waals surface area contributed by atoms with Crippen molar-refractivity contribution in [1.29, 1.82) is 0 Å². The molecule has 0 fully saturated rings. The molecule has 0 aromatic rings. The standard InChI is InChI=1S/C12H19NO3/c1-5-13-11(14)10(4)7-6-8-16-12(15)9(2)3/h5-6,8-10H,1,7H2,2-4H3,(H,13,14)/b8-6-. The molecule has 1 amide bonds. The van der Waals surface area contributed by atoms with E-state index >= 15 is 0 Å². The third-order valence-corrected chi connectivity index (χ3v) is 1.93. The van der Waals surface area contributed by atoms with Crippen LogP contribution in [0.5, 0.6) is 0 Å². The Morgan fingerprint density at radius 2 is 2.00 bits per heavy atom. The van der Waals surface area contributed by atoms with Gasteiger partial charge < -0.3 is 10.1 Å². The minimum absolute atomic E-state index is 0.102. The Morgan fingerprint density at radius 1 is 1.38 bits per heavy atom. The zero-order valence-electron chi connectivity index (χ0n) is 10.0. The second kappa shape index (κ2) is 7.68. The molecule has 4 heteroatoms. The van der Waals surface area contributed by atoms with Crippen molar-refractivity contribution in [2.75, 3.05) is 0 Å². The summed E-state index contributed by atoms with van der Waals surface area (Å²) in [5.74, 6) is -0.701. The van der Waals surface area contributed by atoms with E-state index in [9.17, 15) is 9.59 Å². The number of carbonyl (C=O) groups excluding carboxylic acids is 2. The zero-order chi connectivity index (χ0) is 12.6. The fourth-order valence-electron chi connectivity index (χ4n) is 0.861. The van der Waals surface area contributed by atoms with Gasteiger partial charge in [0.15, 0.2) is 0 Å². The van der Waals surface area contributed by atoms with Crippen LogP contribution >= 0.6 is 0 Å². The average molecular weight is 225 g/mol. The Balaban J connectivity index is 3.87. The molecule has 0 aromatic heterocycles. The number of hydrogen-bond acceptors (Lipinski definition) is 3. The van der Waals surface area contributed by atoms with E-state index in [2.05, 4.69) is 11.9 Å². The molecule has 0 rings (SSSR count). The van der Waals surface area contributed by atoms with Gasteiger partial charge in [0.1, 0.15) is 0 Å². The molecule has 0 saturated heterocycles. The van der Waals surface area contributed by atoms with E-state index in [1.165, 1.54) is 12.5 Å². The highest BCUT2D eigenvalue weighted by molar-refractivity contribution is 5.79. The van der Waals surface area contributed by atoms with Gasteiger partial charge in [0, 0.05) is 5.92 Å². The lowest BCUT2D eigenvalue weighted by Crippen LogP contribution is -2.23. The Hall–Kier alpha value is -1.58. The van der Waals surface area contributed by atoms with Gasteiger partial charge >= 0.3 is 5.97 Å². The molecule has 0 aliphatic heterocycles. The highest BCUT2D eigenvalue weighted by Crippen LogP contribution is 2.03. The van der Waals surface area contributed by atoms with Gasteiger partial charge in [0.2, 0.25) is 5.91 Å². The second-order valence-corrected chi connectivity index (χ2v) is 3.81. The molecule has 4 nitrogen and oxygen atoms in total. The maximum Gasteiger partial charge on any atom is 0.313 e.